The average Bonchev–Trinajstić information content (AvgIpc) is 2.74. The minimum absolute atomic E-state index is 0.0642. The summed E-state index contributed by atoms with van der Waals surface area (Å²) in [5.41, 5.74) is 2.38. The van der Waals surface area contributed by atoms with Gasteiger partial charge in [-0.2, -0.15) is 0 Å². The molecule has 0 spiro atoms. The van der Waals surface area contributed by atoms with Gasteiger partial charge in [-0.25, -0.2) is 8.42 Å². The topological polar surface area (TPSA) is 37.4 Å². The van der Waals surface area contributed by atoms with Crippen LogP contribution in [0.4, 0.5) is 0 Å². The highest BCUT2D eigenvalue weighted by molar-refractivity contribution is 7.91. The molecule has 3 rings (SSSR count). The predicted molar refractivity (Wildman–Crippen MR) is 115 cm³/mol. The molecule has 146 valence electrons. The van der Waals surface area contributed by atoms with Crippen molar-refractivity contribution < 1.29 is 8.42 Å². The minimum Gasteiger partial charge on any atom is -0.291 e. The molecule has 0 heterocycles. The molecular weight excluding hydrogens is 366 g/mol. The maximum absolute atomic E-state index is 13.0. The molecule has 0 saturated carbocycles. The summed E-state index contributed by atoms with van der Waals surface area (Å²) in [6.45, 7) is 3.51. The third kappa shape index (κ3) is 5.54. The van der Waals surface area contributed by atoms with Crippen LogP contribution in [0.5, 0.6) is 0 Å². The quantitative estimate of drug-likeness (QED) is 0.517. The Hall–Kier alpha value is -2.43. The van der Waals surface area contributed by atoms with Crippen LogP contribution in [0.3, 0.4) is 0 Å². The molecule has 4 heteroatoms. The molecule has 0 aliphatic carbocycles. The second kappa shape index (κ2) is 9.67. The fourth-order valence-electron chi connectivity index (χ4n) is 3.41. The molecule has 0 aliphatic rings. The largest absolute Gasteiger partial charge is 0.291 e. The van der Waals surface area contributed by atoms with E-state index in [-0.39, 0.29) is 11.8 Å². The lowest BCUT2D eigenvalue weighted by Crippen LogP contribution is -2.39. The average molecular weight is 394 g/mol. The van der Waals surface area contributed by atoms with Gasteiger partial charge in [-0.15, -0.1) is 0 Å². The molecule has 3 aromatic rings. The van der Waals surface area contributed by atoms with E-state index in [2.05, 4.69) is 36.1 Å². The fraction of sp³-hybridized carbons (Fsp3) is 0.250. The zero-order valence-electron chi connectivity index (χ0n) is 16.2. The Morgan fingerprint density at radius 2 is 1.14 bits per heavy atom. The summed E-state index contributed by atoms with van der Waals surface area (Å²) in [5.74, 6) is 0.118. The monoisotopic (exact) mass is 393 g/mol. The normalized spacial score (nSPS) is 12.8. The molecule has 0 N–H and O–H groups in total. The number of sulfone groups is 1. The van der Waals surface area contributed by atoms with E-state index in [9.17, 15) is 8.42 Å². The summed E-state index contributed by atoms with van der Waals surface area (Å²) < 4.78 is 26.0. The Balaban J connectivity index is 1.85. The molecule has 1 atom stereocenters. The Kier molecular flexibility index (Phi) is 7.01. The highest BCUT2D eigenvalue weighted by Gasteiger charge is 2.25. The van der Waals surface area contributed by atoms with Crippen LogP contribution in [0.2, 0.25) is 0 Å². The van der Waals surface area contributed by atoms with E-state index in [1.807, 2.05) is 42.5 Å². The Bertz CT molecular complexity index is 900. The van der Waals surface area contributed by atoms with Crippen molar-refractivity contribution in [2.75, 3.05) is 5.75 Å². The maximum Gasteiger partial charge on any atom is 0.179 e. The molecule has 0 aliphatic heterocycles. The van der Waals surface area contributed by atoms with Crippen LogP contribution in [0, 0.1) is 0 Å². The van der Waals surface area contributed by atoms with Crippen LogP contribution in [-0.4, -0.2) is 25.1 Å². The predicted octanol–water partition coefficient (Wildman–Crippen LogP) is 4.94. The highest BCUT2D eigenvalue weighted by Crippen LogP contribution is 2.20. The smallest absolute Gasteiger partial charge is 0.179 e. The zero-order valence-corrected chi connectivity index (χ0v) is 17.1. The molecular formula is C24H27NO2S. The third-order valence-electron chi connectivity index (χ3n) is 4.96. The maximum atomic E-state index is 13.0. The van der Waals surface area contributed by atoms with E-state index in [1.165, 1.54) is 11.1 Å². The molecule has 0 radical (unpaired) electrons. The lowest BCUT2D eigenvalue weighted by Gasteiger charge is -2.31. The molecule has 0 amide bonds. The fourth-order valence-corrected chi connectivity index (χ4v) is 5.13. The standard InChI is InChI=1S/C24H27NO2S/c1-2-23(20-28(26,27)24-16-10-5-11-17-24)25(18-21-12-6-3-7-13-21)19-22-14-8-4-9-15-22/h3-17,23H,2,18-20H2,1H3/t23-/m1/s1. The minimum atomic E-state index is -3.34. The summed E-state index contributed by atoms with van der Waals surface area (Å²) in [7, 11) is -3.34. The van der Waals surface area contributed by atoms with Gasteiger partial charge in [0.15, 0.2) is 9.84 Å². The summed E-state index contributed by atoms with van der Waals surface area (Å²) in [6.07, 6.45) is 0.770. The second-order valence-corrected chi connectivity index (χ2v) is 9.07. The van der Waals surface area contributed by atoms with Crippen molar-refractivity contribution in [2.24, 2.45) is 0 Å². The molecule has 0 unspecified atom stereocenters. The first-order valence-corrected chi connectivity index (χ1v) is 11.3. The van der Waals surface area contributed by atoms with Crippen LogP contribution in [0.15, 0.2) is 95.9 Å². The first-order valence-electron chi connectivity index (χ1n) is 9.68. The first-order chi connectivity index (χ1) is 13.6. The van der Waals surface area contributed by atoms with Gasteiger partial charge in [0.1, 0.15) is 0 Å². The zero-order chi connectivity index (χ0) is 19.8. The Morgan fingerprint density at radius 3 is 1.57 bits per heavy atom. The molecule has 0 saturated heterocycles. The van der Waals surface area contributed by atoms with Crippen LogP contribution < -0.4 is 0 Å². The molecule has 28 heavy (non-hydrogen) atoms. The summed E-state index contributed by atoms with van der Waals surface area (Å²) >= 11 is 0. The van der Waals surface area contributed by atoms with Crippen molar-refractivity contribution >= 4 is 9.84 Å². The number of hydrogen-bond donors (Lipinski definition) is 0. The van der Waals surface area contributed by atoms with Crippen LogP contribution >= 0.6 is 0 Å². The van der Waals surface area contributed by atoms with Gasteiger partial charge in [0.05, 0.1) is 10.6 Å². The third-order valence-corrected chi connectivity index (χ3v) is 6.77. The van der Waals surface area contributed by atoms with E-state index in [1.54, 1.807) is 24.3 Å². The first kappa shape index (κ1) is 20.3. The summed E-state index contributed by atoms with van der Waals surface area (Å²) in [6, 6.07) is 29.2. The van der Waals surface area contributed by atoms with E-state index >= 15 is 0 Å². The number of rotatable bonds is 9. The van der Waals surface area contributed by atoms with Crippen LogP contribution in [0.25, 0.3) is 0 Å². The van der Waals surface area contributed by atoms with Gasteiger partial charge in [0, 0.05) is 19.1 Å². The van der Waals surface area contributed by atoms with Crippen LogP contribution in [-0.2, 0) is 22.9 Å². The van der Waals surface area contributed by atoms with Crippen molar-refractivity contribution in [3.63, 3.8) is 0 Å². The molecule has 3 nitrogen and oxygen atoms in total. The van der Waals surface area contributed by atoms with E-state index < -0.39 is 9.84 Å². The lowest BCUT2D eigenvalue weighted by atomic mass is 10.1. The van der Waals surface area contributed by atoms with Gasteiger partial charge >= 0.3 is 0 Å². The summed E-state index contributed by atoms with van der Waals surface area (Å²) in [5, 5.41) is 0. The van der Waals surface area contributed by atoms with E-state index in [0.29, 0.717) is 4.90 Å². The number of hydrogen-bond acceptors (Lipinski definition) is 3. The van der Waals surface area contributed by atoms with Gasteiger partial charge in [0.25, 0.3) is 0 Å². The Morgan fingerprint density at radius 1 is 0.714 bits per heavy atom. The molecule has 0 fully saturated rings. The second-order valence-electron chi connectivity index (χ2n) is 7.03. The van der Waals surface area contributed by atoms with E-state index in [4.69, 9.17) is 0 Å². The highest BCUT2D eigenvalue weighted by atomic mass is 32.2. The van der Waals surface area contributed by atoms with Gasteiger partial charge in [0.2, 0.25) is 0 Å². The van der Waals surface area contributed by atoms with Crippen molar-refractivity contribution in [2.45, 2.75) is 37.4 Å². The lowest BCUT2D eigenvalue weighted by molar-refractivity contribution is 0.188. The SMILES string of the molecule is CC[C@H](CS(=O)(=O)c1ccccc1)N(Cc1ccccc1)Cc1ccccc1. The molecule has 0 bridgehead atoms. The van der Waals surface area contributed by atoms with E-state index in [0.717, 1.165) is 19.5 Å². The van der Waals surface area contributed by atoms with Gasteiger partial charge < -0.3 is 0 Å². The van der Waals surface area contributed by atoms with Crippen molar-refractivity contribution in [1.29, 1.82) is 0 Å². The molecule has 3 aromatic carbocycles. The number of benzene rings is 3. The van der Waals surface area contributed by atoms with Crippen molar-refractivity contribution in [3.05, 3.63) is 102 Å². The summed E-state index contributed by atoms with van der Waals surface area (Å²) in [4.78, 5) is 2.68. The van der Waals surface area contributed by atoms with Gasteiger partial charge in [-0.05, 0) is 29.7 Å². The van der Waals surface area contributed by atoms with Crippen molar-refractivity contribution in [1.82, 2.24) is 4.90 Å². The number of nitrogens with zero attached hydrogens (tertiary/aromatic N) is 1. The Labute approximate surface area is 168 Å². The van der Waals surface area contributed by atoms with Crippen LogP contribution in [0.1, 0.15) is 24.5 Å². The van der Waals surface area contributed by atoms with Crippen molar-refractivity contribution in [3.8, 4) is 0 Å². The van der Waals surface area contributed by atoms with Gasteiger partial charge in [-0.3, -0.25) is 4.90 Å². The molecule has 0 aromatic heterocycles. The van der Waals surface area contributed by atoms with Gasteiger partial charge in [-0.1, -0.05) is 85.8 Å².